The molecule has 1 aliphatic rings. The molecule has 1 saturated carbocycles. The minimum atomic E-state index is -1.13. The molecule has 18 heavy (non-hydrogen) atoms. The van der Waals surface area contributed by atoms with Crippen molar-refractivity contribution in [3.63, 3.8) is 0 Å². The Kier molecular flexibility index (Phi) is 3.68. The van der Waals surface area contributed by atoms with E-state index in [1.54, 1.807) is 24.3 Å². The number of aliphatic hydroxyl groups is 1. The first kappa shape index (κ1) is 13.1. The van der Waals surface area contributed by atoms with Gasteiger partial charge in [-0.25, -0.2) is 0 Å². The maximum atomic E-state index is 12.0. The second-order valence-electron chi connectivity index (χ2n) is 5.20. The van der Waals surface area contributed by atoms with Gasteiger partial charge < -0.3 is 16.2 Å². The monoisotopic (exact) mass is 248 g/mol. The van der Waals surface area contributed by atoms with Crippen LogP contribution in [0.5, 0.6) is 0 Å². The van der Waals surface area contributed by atoms with Gasteiger partial charge in [-0.3, -0.25) is 4.79 Å². The molecule has 4 nitrogen and oxygen atoms in total. The molecule has 0 aromatic heterocycles. The summed E-state index contributed by atoms with van der Waals surface area (Å²) < 4.78 is 0. The van der Waals surface area contributed by atoms with Gasteiger partial charge in [-0.05, 0) is 31.2 Å². The van der Waals surface area contributed by atoms with E-state index in [4.69, 9.17) is 5.73 Å². The topological polar surface area (TPSA) is 75.3 Å². The summed E-state index contributed by atoms with van der Waals surface area (Å²) in [5.74, 6) is 0.0653. The number of benzene rings is 1. The molecule has 0 saturated heterocycles. The van der Waals surface area contributed by atoms with Gasteiger partial charge in [0.25, 0.3) is 5.91 Å². The molecule has 0 radical (unpaired) electrons. The highest BCUT2D eigenvalue weighted by Gasteiger charge is 2.42. The maximum absolute atomic E-state index is 12.0. The van der Waals surface area contributed by atoms with Gasteiger partial charge in [-0.2, -0.15) is 0 Å². The van der Waals surface area contributed by atoms with Crippen LogP contribution in [-0.2, 0) is 4.79 Å². The standard InChI is InChI=1S/C14H20N2O2/c1-14(9-15,11-7-8-11)16-13(18)12(17)10-5-3-2-4-6-10/h2-6,11-12,17H,7-9,15H2,1H3,(H,16,18). The second kappa shape index (κ2) is 5.08. The van der Waals surface area contributed by atoms with Gasteiger partial charge in [0.1, 0.15) is 0 Å². The number of nitrogens with two attached hydrogens (primary N) is 1. The molecule has 1 aliphatic carbocycles. The Bertz CT molecular complexity index is 417. The van der Waals surface area contributed by atoms with Crippen molar-refractivity contribution in [2.75, 3.05) is 6.54 Å². The van der Waals surface area contributed by atoms with Crippen molar-refractivity contribution in [1.29, 1.82) is 0 Å². The van der Waals surface area contributed by atoms with Crippen LogP contribution in [0.25, 0.3) is 0 Å². The van der Waals surface area contributed by atoms with Crippen LogP contribution >= 0.6 is 0 Å². The molecule has 1 fully saturated rings. The average Bonchev–Trinajstić information content (AvgIpc) is 3.23. The summed E-state index contributed by atoms with van der Waals surface area (Å²) in [6.07, 6.45) is 1.06. The van der Waals surface area contributed by atoms with Crippen molar-refractivity contribution in [2.45, 2.75) is 31.4 Å². The van der Waals surface area contributed by atoms with E-state index >= 15 is 0 Å². The van der Waals surface area contributed by atoms with Gasteiger partial charge in [0.15, 0.2) is 6.10 Å². The van der Waals surface area contributed by atoms with E-state index in [-0.39, 0.29) is 5.91 Å². The third kappa shape index (κ3) is 2.71. The van der Waals surface area contributed by atoms with E-state index < -0.39 is 11.6 Å². The van der Waals surface area contributed by atoms with Crippen LogP contribution in [0, 0.1) is 5.92 Å². The smallest absolute Gasteiger partial charge is 0.253 e. The fourth-order valence-corrected chi connectivity index (χ4v) is 2.18. The lowest BCUT2D eigenvalue weighted by Crippen LogP contribution is -2.54. The number of nitrogens with one attached hydrogen (secondary N) is 1. The van der Waals surface area contributed by atoms with Gasteiger partial charge in [0.05, 0.1) is 5.54 Å². The van der Waals surface area contributed by atoms with E-state index in [1.165, 1.54) is 0 Å². The van der Waals surface area contributed by atoms with Crippen molar-refractivity contribution < 1.29 is 9.90 Å². The van der Waals surface area contributed by atoms with Crippen LogP contribution in [-0.4, -0.2) is 23.1 Å². The fraction of sp³-hybridized carbons (Fsp3) is 0.500. The SMILES string of the molecule is CC(CN)(NC(=O)C(O)c1ccccc1)C1CC1. The molecule has 1 aromatic carbocycles. The number of hydrogen-bond acceptors (Lipinski definition) is 3. The Hall–Kier alpha value is -1.39. The predicted molar refractivity (Wildman–Crippen MR) is 69.7 cm³/mol. The van der Waals surface area contributed by atoms with Crippen molar-refractivity contribution in [2.24, 2.45) is 11.7 Å². The van der Waals surface area contributed by atoms with Crippen molar-refractivity contribution in [3.8, 4) is 0 Å². The zero-order chi connectivity index (χ0) is 13.2. The van der Waals surface area contributed by atoms with E-state index in [9.17, 15) is 9.90 Å². The number of carbonyl (C=O) groups excluding carboxylic acids is 1. The maximum Gasteiger partial charge on any atom is 0.253 e. The summed E-state index contributed by atoms with van der Waals surface area (Å²) in [6, 6.07) is 8.92. The van der Waals surface area contributed by atoms with Crippen LogP contribution in [0.2, 0.25) is 0 Å². The summed E-state index contributed by atoms with van der Waals surface area (Å²) in [7, 11) is 0. The van der Waals surface area contributed by atoms with Crippen LogP contribution < -0.4 is 11.1 Å². The molecule has 0 aliphatic heterocycles. The van der Waals surface area contributed by atoms with Crippen LogP contribution in [0.4, 0.5) is 0 Å². The van der Waals surface area contributed by atoms with Gasteiger partial charge >= 0.3 is 0 Å². The Morgan fingerprint density at radius 2 is 2.11 bits per heavy atom. The van der Waals surface area contributed by atoms with Gasteiger partial charge in [-0.1, -0.05) is 30.3 Å². The summed E-state index contributed by atoms with van der Waals surface area (Å²) in [4.78, 5) is 12.0. The lowest BCUT2D eigenvalue weighted by Gasteiger charge is -2.30. The molecule has 0 heterocycles. The van der Waals surface area contributed by atoms with E-state index in [0.29, 0.717) is 18.0 Å². The summed E-state index contributed by atoms with van der Waals surface area (Å²) in [5, 5.41) is 12.9. The second-order valence-corrected chi connectivity index (χ2v) is 5.20. The number of aliphatic hydroxyl groups excluding tert-OH is 1. The Morgan fingerprint density at radius 3 is 2.61 bits per heavy atom. The summed E-state index contributed by atoms with van der Waals surface area (Å²) >= 11 is 0. The first-order valence-electron chi connectivity index (χ1n) is 6.32. The molecule has 0 bridgehead atoms. The first-order chi connectivity index (χ1) is 8.57. The summed E-state index contributed by atoms with van der Waals surface area (Å²) in [5.41, 5.74) is 5.94. The molecule has 4 heteroatoms. The largest absolute Gasteiger partial charge is 0.378 e. The van der Waals surface area contributed by atoms with Gasteiger partial charge in [-0.15, -0.1) is 0 Å². The van der Waals surface area contributed by atoms with Gasteiger partial charge in [0.2, 0.25) is 0 Å². The lowest BCUT2D eigenvalue weighted by molar-refractivity contribution is -0.131. The Balaban J connectivity index is 2.03. The number of amides is 1. The first-order valence-corrected chi connectivity index (χ1v) is 6.32. The molecule has 1 aromatic rings. The normalized spacial score (nSPS) is 19.9. The zero-order valence-corrected chi connectivity index (χ0v) is 10.6. The van der Waals surface area contributed by atoms with Crippen molar-refractivity contribution >= 4 is 5.91 Å². The highest BCUT2D eigenvalue weighted by atomic mass is 16.3. The number of rotatable bonds is 5. The minimum Gasteiger partial charge on any atom is -0.378 e. The third-order valence-electron chi connectivity index (χ3n) is 3.67. The highest BCUT2D eigenvalue weighted by Crippen LogP contribution is 2.39. The fourth-order valence-electron chi connectivity index (χ4n) is 2.18. The molecule has 4 N–H and O–H groups in total. The molecular weight excluding hydrogens is 228 g/mol. The average molecular weight is 248 g/mol. The van der Waals surface area contributed by atoms with Crippen molar-refractivity contribution in [3.05, 3.63) is 35.9 Å². The van der Waals surface area contributed by atoms with Crippen LogP contribution in [0.15, 0.2) is 30.3 Å². The van der Waals surface area contributed by atoms with Gasteiger partial charge in [0, 0.05) is 6.54 Å². The van der Waals surface area contributed by atoms with Crippen LogP contribution in [0.3, 0.4) is 0 Å². The van der Waals surface area contributed by atoms with Crippen molar-refractivity contribution in [1.82, 2.24) is 5.32 Å². The predicted octanol–water partition coefficient (Wildman–Crippen LogP) is 0.964. The summed E-state index contributed by atoms with van der Waals surface area (Å²) in [6.45, 7) is 2.34. The third-order valence-corrected chi connectivity index (χ3v) is 3.67. The van der Waals surface area contributed by atoms with E-state index in [1.807, 2.05) is 13.0 Å². The Morgan fingerprint density at radius 1 is 1.50 bits per heavy atom. The molecule has 1 amide bonds. The molecule has 2 atom stereocenters. The quantitative estimate of drug-likeness (QED) is 0.726. The van der Waals surface area contributed by atoms with E-state index in [0.717, 1.165) is 12.8 Å². The molecule has 2 unspecified atom stereocenters. The highest BCUT2D eigenvalue weighted by molar-refractivity contribution is 5.82. The molecule has 98 valence electrons. The van der Waals surface area contributed by atoms with Crippen LogP contribution in [0.1, 0.15) is 31.4 Å². The lowest BCUT2D eigenvalue weighted by atomic mass is 9.95. The molecular formula is C14H20N2O2. The van der Waals surface area contributed by atoms with E-state index in [2.05, 4.69) is 5.32 Å². The molecule has 2 rings (SSSR count). The zero-order valence-electron chi connectivity index (χ0n) is 10.6. The number of hydrogen-bond donors (Lipinski definition) is 3. The number of carbonyl (C=O) groups is 1. The molecule has 0 spiro atoms. The Labute approximate surface area is 107 Å². The minimum absolute atomic E-state index is 0.374.